The number of carbonyl (C=O) groups is 1. The van der Waals surface area contributed by atoms with Crippen LogP contribution in [0.5, 0.6) is 0 Å². The number of nitrogens with two attached hydrogens (primary N) is 1. The van der Waals surface area contributed by atoms with Gasteiger partial charge in [-0.3, -0.25) is 9.78 Å². The number of hydrogen-bond acceptors (Lipinski definition) is 4. The van der Waals surface area contributed by atoms with E-state index >= 15 is 0 Å². The molecule has 0 fully saturated rings. The van der Waals surface area contributed by atoms with E-state index in [4.69, 9.17) is 5.73 Å². The second kappa shape index (κ2) is 4.33. The highest BCUT2D eigenvalue weighted by atomic mass is 16.1. The summed E-state index contributed by atoms with van der Waals surface area (Å²) in [6.07, 6.45) is 4.90. The monoisotopic (exact) mass is 227 g/mol. The molecule has 2 N–H and O–H groups in total. The number of hydrogen-bond donors (Lipinski definition) is 1. The summed E-state index contributed by atoms with van der Waals surface area (Å²) in [4.78, 5) is 20.3. The van der Waals surface area contributed by atoms with E-state index in [1.54, 1.807) is 30.7 Å². The number of aromatic nitrogens is 2. The number of nitrogens with zero attached hydrogens (tertiary/aromatic N) is 2. The third-order valence-electron chi connectivity index (χ3n) is 2.56. The standard InChI is InChI=1S/C13H13N3O/c1-8-5-11(13(14)16-6-8)12(17)10-3-4-15-7-9(10)2/h3-7H,1-2H3,(H2,14,16). The molecule has 17 heavy (non-hydrogen) atoms. The second-order valence-electron chi connectivity index (χ2n) is 3.97. The zero-order chi connectivity index (χ0) is 12.4. The molecule has 2 aromatic rings. The number of anilines is 1. The lowest BCUT2D eigenvalue weighted by Gasteiger charge is -2.07. The molecule has 0 saturated heterocycles. The van der Waals surface area contributed by atoms with Crippen LogP contribution in [0.2, 0.25) is 0 Å². The van der Waals surface area contributed by atoms with Crippen molar-refractivity contribution in [1.82, 2.24) is 9.97 Å². The van der Waals surface area contributed by atoms with E-state index in [1.807, 2.05) is 13.8 Å². The van der Waals surface area contributed by atoms with Gasteiger partial charge < -0.3 is 5.73 Å². The fourth-order valence-electron chi connectivity index (χ4n) is 1.63. The number of pyridine rings is 2. The van der Waals surface area contributed by atoms with Crippen molar-refractivity contribution < 1.29 is 4.79 Å². The molecule has 0 aliphatic carbocycles. The first kappa shape index (κ1) is 11.3. The molecule has 4 heteroatoms. The minimum Gasteiger partial charge on any atom is -0.383 e. The van der Waals surface area contributed by atoms with Crippen LogP contribution in [0.15, 0.2) is 30.7 Å². The summed E-state index contributed by atoms with van der Waals surface area (Å²) in [6.45, 7) is 3.72. The topological polar surface area (TPSA) is 68.9 Å². The zero-order valence-electron chi connectivity index (χ0n) is 9.77. The predicted molar refractivity (Wildman–Crippen MR) is 65.8 cm³/mol. The molecule has 4 nitrogen and oxygen atoms in total. The van der Waals surface area contributed by atoms with Gasteiger partial charge in [-0.05, 0) is 37.1 Å². The van der Waals surface area contributed by atoms with Crippen LogP contribution in [-0.4, -0.2) is 15.8 Å². The van der Waals surface area contributed by atoms with Crippen molar-refractivity contribution in [3.63, 3.8) is 0 Å². The lowest BCUT2D eigenvalue weighted by atomic mass is 10.0. The van der Waals surface area contributed by atoms with E-state index in [1.165, 1.54) is 0 Å². The quantitative estimate of drug-likeness (QED) is 0.795. The molecule has 0 amide bonds. The Hall–Kier alpha value is -2.23. The van der Waals surface area contributed by atoms with Crippen LogP contribution in [-0.2, 0) is 0 Å². The lowest BCUT2D eigenvalue weighted by Crippen LogP contribution is -2.09. The molecule has 0 aliphatic rings. The molecular weight excluding hydrogens is 214 g/mol. The van der Waals surface area contributed by atoms with Gasteiger partial charge in [0.25, 0.3) is 0 Å². The Morgan fingerprint density at radius 1 is 1.24 bits per heavy atom. The molecule has 2 heterocycles. The third kappa shape index (κ3) is 2.15. The van der Waals surface area contributed by atoms with E-state index in [0.29, 0.717) is 11.1 Å². The molecule has 2 aromatic heterocycles. The first-order chi connectivity index (χ1) is 8.09. The Morgan fingerprint density at radius 3 is 2.71 bits per heavy atom. The van der Waals surface area contributed by atoms with E-state index in [2.05, 4.69) is 9.97 Å². The van der Waals surface area contributed by atoms with Crippen LogP contribution < -0.4 is 5.73 Å². The second-order valence-corrected chi connectivity index (χ2v) is 3.97. The van der Waals surface area contributed by atoms with Crippen LogP contribution in [0.4, 0.5) is 5.82 Å². The van der Waals surface area contributed by atoms with Crippen LogP contribution >= 0.6 is 0 Å². The van der Waals surface area contributed by atoms with Gasteiger partial charge in [0.15, 0.2) is 5.78 Å². The number of aryl methyl sites for hydroxylation is 2. The molecule has 0 atom stereocenters. The van der Waals surface area contributed by atoms with Crippen molar-refractivity contribution in [2.75, 3.05) is 5.73 Å². The van der Waals surface area contributed by atoms with Crippen LogP contribution in [0.1, 0.15) is 27.0 Å². The Morgan fingerprint density at radius 2 is 2.00 bits per heavy atom. The molecule has 0 aromatic carbocycles. The normalized spacial score (nSPS) is 10.2. The van der Waals surface area contributed by atoms with E-state index in [9.17, 15) is 4.79 Å². The average Bonchev–Trinajstić information content (AvgIpc) is 2.32. The highest BCUT2D eigenvalue weighted by Gasteiger charge is 2.15. The maximum atomic E-state index is 12.3. The van der Waals surface area contributed by atoms with Gasteiger partial charge in [-0.1, -0.05) is 0 Å². The zero-order valence-corrected chi connectivity index (χ0v) is 9.77. The highest BCUT2D eigenvalue weighted by molar-refractivity contribution is 6.12. The van der Waals surface area contributed by atoms with E-state index in [-0.39, 0.29) is 11.6 Å². The maximum Gasteiger partial charge on any atom is 0.197 e. The summed E-state index contributed by atoms with van der Waals surface area (Å²) in [5, 5.41) is 0. The molecule has 0 unspecified atom stereocenters. The molecule has 0 aliphatic heterocycles. The first-order valence-electron chi connectivity index (χ1n) is 5.27. The first-order valence-corrected chi connectivity index (χ1v) is 5.27. The number of nitrogen functional groups attached to an aromatic ring is 1. The van der Waals surface area contributed by atoms with Gasteiger partial charge in [-0.2, -0.15) is 0 Å². The largest absolute Gasteiger partial charge is 0.383 e. The minimum atomic E-state index is -0.112. The molecule has 0 bridgehead atoms. The lowest BCUT2D eigenvalue weighted by molar-refractivity contribution is 0.103. The Bertz CT molecular complexity index is 579. The van der Waals surface area contributed by atoms with Gasteiger partial charge >= 0.3 is 0 Å². The molecule has 86 valence electrons. The maximum absolute atomic E-state index is 12.3. The van der Waals surface area contributed by atoms with Crippen LogP contribution in [0.3, 0.4) is 0 Å². The number of rotatable bonds is 2. The van der Waals surface area contributed by atoms with Crippen molar-refractivity contribution in [3.05, 3.63) is 53.0 Å². The van der Waals surface area contributed by atoms with Gasteiger partial charge in [-0.15, -0.1) is 0 Å². The van der Waals surface area contributed by atoms with Crippen LogP contribution in [0, 0.1) is 13.8 Å². The fourth-order valence-corrected chi connectivity index (χ4v) is 1.63. The predicted octanol–water partition coefficient (Wildman–Crippen LogP) is 1.91. The summed E-state index contributed by atoms with van der Waals surface area (Å²) in [5.41, 5.74) is 8.53. The van der Waals surface area contributed by atoms with Crippen LogP contribution in [0.25, 0.3) is 0 Å². The average molecular weight is 227 g/mol. The smallest absolute Gasteiger partial charge is 0.197 e. The Labute approximate surface area is 99.5 Å². The van der Waals surface area contributed by atoms with Crippen molar-refractivity contribution in [3.8, 4) is 0 Å². The molecule has 0 radical (unpaired) electrons. The summed E-state index contributed by atoms with van der Waals surface area (Å²) in [6, 6.07) is 3.45. The number of carbonyl (C=O) groups excluding carboxylic acids is 1. The number of ketones is 1. The van der Waals surface area contributed by atoms with Gasteiger partial charge in [0.2, 0.25) is 0 Å². The van der Waals surface area contributed by atoms with E-state index < -0.39 is 0 Å². The van der Waals surface area contributed by atoms with Gasteiger partial charge in [0, 0.05) is 24.2 Å². The third-order valence-corrected chi connectivity index (χ3v) is 2.56. The summed E-state index contributed by atoms with van der Waals surface area (Å²) >= 11 is 0. The summed E-state index contributed by atoms with van der Waals surface area (Å²) in [5.74, 6) is 0.149. The summed E-state index contributed by atoms with van der Waals surface area (Å²) in [7, 11) is 0. The van der Waals surface area contributed by atoms with Gasteiger partial charge in [0.05, 0.1) is 5.56 Å². The molecule has 2 rings (SSSR count). The Kier molecular flexibility index (Phi) is 2.87. The van der Waals surface area contributed by atoms with Crippen molar-refractivity contribution in [1.29, 1.82) is 0 Å². The van der Waals surface area contributed by atoms with Gasteiger partial charge in [0.1, 0.15) is 5.82 Å². The molecular formula is C13H13N3O. The van der Waals surface area contributed by atoms with Crippen molar-refractivity contribution in [2.24, 2.45) is 0 Å². The Balaban J connectivity index is 2.51. The van der Waals surface area contributed by atoms with Crippen molar-refractivity contribution in [2.45, 2.75) is 13.8 Å². The molecule has 0 spiro atoms. The molecule has 0 saturated carbocycles. The van der Waals surface area contributed by atoms with Crippen molar-refractivity contribution >= 4 is 11.6 Å². The van der Waals surface area contributed by atoms with E-state index in [0.717, 1.165) is 11.1 Å². The minimum absolute atomic E-state index is 0.112. The summed E-state index contributed by atoms with van der Waals surface area (Å²) < 4.78 is 0. The van der Waals surface area contributed by atoms with Gasteiger partial charge in [-0.25, -0.2) is 4.98 Å². The fraction of sp³-hybridized carbons (Fsp3) is 0.154. The SMILES string of the molecule is Cc1cnc(N)c(C(=O)c2ccncc2C)c1. The highest BCUT2D eigenvalue weighted by Crippen LogP contribution is 2.17.